The van der Waals surface area contributed by atoms with Crippen molar-refractivity contribution in [2.24, 2.45) is 0 Å². The predicted molar refractivity (Wildman–Crippen MR) is 64.2 cm³/mol. The molecule has 0 aliphatic rings. The summed E-state index contributed by atoms with van der Waals surface area (Å²) in [5.41, 5.74) is 0.898. The van der Waals surface area contributed by atoms with Crippen LogP contribution in [0.25, 0.3) is 0 Å². The Hall–Kier alpha value is -1.42. The molecule has 0 aromatic heterocycles. The van der Waals surface area contributed by atoms with Gasteiger partial charge in [0.25, 0.3) is 0 Å². The third-order valence-electron chi connectivity index (χ3n) is 2.37. The van der Waals surface area contributed by atoms with Crippen LogP contribution in [0.2, 0.25) is 0 Å². The SMILES string of the molecule is COC(=O)C(Cc1ccc(F)cc1)NC(C)C. The summed E-state index contributed by atoms with van der Waals surface area (Å²) in [5.74, 6) is -0.580. The minimum Gasteiger partial charge on any atom is -0.468 e. The standard InChI is InChI=1S/C13H18FNO2/c1-9(2)15-12(13(16)17-3)8-10-4-6-11(14)7-5-10/h4-7,9,12,15H,8H2,1-3H3. The molecule has 17 heavy (non-hydrogen) atoms. The van der Waals surface area contributed by atoms with Crippen LogP contribution >= 0.6 is 0 Å². The summed E-state index contributed by atoms with van der Waals surface area (Å²) in [6, 6.07) is 5.91. The molecular weight excluding hydrogens is 221 g/mol. The number of benzene rings is 1. The van der Waals surface area contributed by atoms with Gasteiger partial charge < -0.3 is 10.1 Å². The fraction of sp³-hybridized carbons (Fsp3) is 0.462. The lowest BCUT2D eigenvalue weighted by Crippen LogP contribution is -2.43. The van der Waals surface area contributed by atoms with Gasteiger partial charge in [-0.1, -0.05) is 26.0 Å². The molecule has 1 rings (SSSR count). The Labute approximate surface area is 101 Å². The molecule has 1 unspecified atom stereocenters. The van der Waals surface area contributed by atoms with E-state index in [0.29, 0.717) is 6.42 Å². The number of methoxy groups -OCH3 is 1. The maximum atomic E-state index is 12.8. The highest BCUT2D eigenvalue weighted by atomic mass is 19.1. The van der Waals surface area contributed by atoms with Crippen molar-refractivity contribution < 1.29 is 13.9 Å². The number of nitrogens with one attached hydrogen (secondary N) is 1. The quantitative estimate of drug-likeness (QED) is 0.798. The minimum absolute atomic E-state index is 0.180. The zero-order valence-electron chi connectivity index (χ0n) is 10.4. The van der Waals surface area contributed by atoms with Crippen LogP contribution in [0.4, 0.5) is 4.39 Å². The van der Waals surface area contributed by atoms with E-state index in [-0.39, 0.29) is 17.8 Å². The van der Waals surface area contributed by atoms with Gasteiger partial charge in [-0.2, -0.15) is 0 Å². The molecule has 0 aliphatic carbocycles. The number of ether oxygens (including phenoxy) is 1. The smallest absolute Gasteiger partial charge is 0.323 e. The summed E-state index contributed by atoms with van der Waals surface area (Å²) in [5, 5.41) is 3.13. The van der Waals surface area contributed by atoms with E-state index in [4.69, 9.17) is 4.74 Å². The van der Waals surface area contributed by atoms with E-state index in [1.807, 2.05) is 13.8 Å². The summed E-state index contributed by atoms with van der Waals surface area (Å²) < 4.78 is 17.5. The van der Waals surface area contributed by atoms with Gasteiger partial charge in [-0.05, 0) is 24.1 Å². The molecule has 0 spiro atoms. The summed E-state index contributed by atoms with van der Waals surface area (Å²) in [6.45, 7) is 3.92. The van der Waals surface area contributed by atoms with Gasteiger partial charge >= 0.3 is 5.97 Å². The van der Waals surface area contributed by atoms with E-state index in [2.05, 4.69) is 5.32 Å². The fourth-order valence-corrected chi connectivity index (χ4v) is 1.61. The van der Waals surface area contributed by atoms with Gasteiger partial charge in [-0.25, -0.2) is 4.39 Å². The molecule has 0 amide bonds. The Morgan fingerprint density at radius 1 is 1.35 bits per heavy atom. The molecule has 1 aromatic carbocycles. The summed E-state index contributed by atoms with van der Waals surface area (Å²) >= 11 is 0. The van der Waals surface area contributed by atoms with Crippen molar-refractivity contribution in [1.29, 1.82) is 0 Å². The predicted octanol–water partition coefficient (Wildman–Crippen LogP) is 1.91. The molecule has 0 bridgehead atoms. The summed E-state index contributed by atoms with van der Waals surface area (Å²) in [7, 11) is 1.36. The Bertz CT molecular complexity index is 362. The van der Waals surface area contributed by atoms with E-state index in [1.54, 1.807) is 12.1 Å². The molecule has 3 nitrogen and oxygen atoms in total. The minimum atomic E-state index is -0.398. The highest BCUT2D eigenvalue weighted by Crippen LogP contribution is 2.07. The molecule has 1 aromatic rings. The number of esters is 1. The van der Waals surface area contributed by atoms with E-state index in [9.17, 15) is 9.18 Å². The molecule has 0 radical (unpaired) electrons. The maximum Gasteiger partial charge on any atom is 0.323 e. The summed E-state index contributed by atoms with van der Waals surface area (Å²) in [4.78, 5) is 11.6. The van der Waals surface area contributed by atoms with E-state index >= 15 is 0 Å². The zero-order chi connectivity index (χ0) is 12.8. The van der Waals surface area contributed by atoms with E-state index in [1.165, 1.54) is 19.2 Å². The highest BCUT2D eigenvalue weighted by molar-refractivity contribution is 5.76. The first-order valence-corrected chi connectivity index (χ1v) is 5.61. The van der Waals surface area contributed by atoms with Crippen molar-refractivity contribution in [3.05, 3.63) is 35.6 Å². The van der Waals surface area contributed by atoms with Crippen LogP contribution in [0.15, 0.2) is 24.3 Å². The van der Waals surface area contributed by atoms with Crippen LogP contribution in [-0.2, 0) is 16.0 Å². The Kier molecular flexibility index (Phi) is 5.10. The largest absolute Gasteiger partial charge is 0.468 e. The van der Waals surface area contributed by atoms with Gasteiger partial charge in [0.1, 0.15) is 11.9 Å². The molecule has 0 aliphatic heterocycles. The number of hydrogen-bond acceptors (Lipinski definition) is 3. The van der Waals surface area contributed by atoms with Crippen LogP contribution < -0.4 is 5.32 Å². The van der Waals surface area contributed by atoms with Crippen molar-refractivity contribution in [1.82, 2.24) is 5.32 Å². The zero-order valence-corrected chi connectivity index (χ0v) is 10.4. The van der Waals surface area contributed by atoms with Gasteiger partial charge in [0, 0.05) is 6.04 Å². The molecule has 1 atom stereocenters. The number of halogens is 1. The maximum absolute atomic E-state index is 12.8. The molecule has 94 valence electrons. The average molecular weight is 239 g/mol. The van der Waals surface area contributed by atoms with Crippen molar-refractivity contribution in [2.45, 2.75) is 32.4 Å². The second-order valence-electron chi connectivity index (χ2n) is 4.23. The van der Waals surface area contributed by atoms with E-state index in [0.717, 1.165) is 5.56 Å². The van der Waals surface area contributed by atoms with E-state index < -0.39 is 6.04 Å². The lowest BCUT2D eigenvalue weighted by atomic mass is 10.1. The van der Waals surface area contributed by atoms with Gasteiger partial charge in [-0.3, -0.25) is 4.79 Å². The van der Waals surface area contributed by atoms with Crippen molar-refractivity contribution in [3.63, 3.8) is 0 Å². The summed E-state index contributed by atoms with van der Waals surface area (Å²) in [6.07, 6.45) is 0.491. The molecule has 0 heterocycles. The third kappa shape index (κ3) is 4.53. The monoisotopic (exact) mass is 239 g/mol. The van der Waals surface area contributed by atoms with Gasteiger partial charge in [0.15, 0.2) is 0 Å². The first kappa shape index (κ1) is 13.6. The van der Waals surface area contributed by atoms with Crippen molar-refractivity contribution >= 4 is 5.97 Å². The lowest BCUT2D eigenvalue weighted by molar-refractivity contribution is -0.143. The fourth-order valence-electron chi connectivity index (χ4n) is 1.61. The molecular formula is C13H18FNO2. The van der Waals surface area contributed by atoms with Gasteiger partial charge in [0.05, 0.1) is 7.11 Å². The average Bonchev–Trinajstić information content (AvgIpc) is 2.29. The molecule has 4 heteroatoms. The topological polar surface area (TPSA) is 38.3 Å². The second-order valence-corrected chi connectivity index (χ2v) is 4.23. The Balaban J connectivity index is 2.71. The molecule has 0 fully saturated rings. The first-order valence-electron chi connectivity index (χ1n) is 5.61. The van der Waals surface area contributed by atoms with Crippen LogP contribution in [0.5, 0.6) is 0 Å². The molecule has 0 saturated carbocycles. The van der Waals surface area contributed by atoms with Crippen LogP contribution in [-0.4, -0.2) is 25.2 Å². The Morgan fingerprint density at radius 2 is 1.94 bits per heavy atom. The number of carbonyl (C=O) groups excluding carboxylic acids is 1. The van der Waals surface area contributed by atoms with Crippen LogP contribution in [0.3, 0.4) is 0 Å². The van der Waals surface area contributed by atoms with Crippen molar-refractivity contribution in [2.75, 3.05) is 7.11 Å². The number of hydrogen-bond donors (Lipinski definition) is 1. The van der Waals surface area contributed by atoms with Crippen molar-refractivity contribution in [3.8, 4) is 0 Å². The van der Waals surface area contributed by atoms with Gasteiger partial charge in [-0.15, -0.1) is 0 Å². The Morgan fingerprint density at radius 3 is 2.41 bits per heavy atom. The molecule has 0 saturated heterocycles. The normalized spacial score (nSPS) is 12.5. The van der Waals surface area contributed by atoms with Crippen LogP contribution in [0.1, 0.15) is 19.4 Å². The number of rotatable bonds is 5. The second kappa shape index (κ2) is 6.35. The molecule has 1 N–H and O–H groups in total. The number of carbonyl (C=O) groups is 1. The third-order valence-corrected chi connectivity index (χ3v) is 2.37. The van der Waals surface area contributed by atoms with Gasteiger partial charge in [0.2, 0.25) is 0 Å². The highest BCUT2D eigenvalue weighted by Gasteiger charge is 2.19. The first-order chi connectivity index (χ1) is 8.02. The van der Waals surface area contributed by atoms with Crippen LogP contribution in [0, 0.1) is 5.82 Å². The lowest BCUT2D eigenvalue weighted by Gasteiger charge is -2.19.